The molecule has 0 saturated heterocycles. The largest absolute Gasteiger partial charge is 0.598 e. The van der Waals surface area contributed by atoms with Gasteiger partial charge < -0.3 is 4.55 Å². The van der Waals surface area contributed by atoms with Crippen LogP contribution in [0.2, 0.25) is 0 Å². The minimum Gasteiger partial charge on any atom is -0.598 e. The number of hydrogen-bond donors (Lipinski definition) is 1. The predicted octanol–water partition coefficient (Wildman–Crippen LogP) is 2.75. The van der Waals surface area contributed by atoms with Crippen LogP contribution in [0, 0.1) is 12.8 Å². The van der Waals surface area contributed by atoms with Gasteiger partial charge in [0, 0.05) is 29.2 Å². The standard InChI is InChI=1S/C13H22N2OS/c1-9(2)12(5)17(16)15-11(4)13-7-6-10(3)14-8-13/h6-9,11-12,15H,1-5H3/t11-,12?,17?/m0/s1. The van der Waals surface area contributed by atoms with E-state index in [0.717, 1.165) is 11.3 Å². The maximum atomic E-state index is 12.0. The number of aromatic nitrogens is 1. The van der Waals surface area contributed by atoms with Crippen LogP contribution in [0.15, 0.2) is 18.3 Å². The second-order valence-electron chi connectivity index (χ2n) is 4.82. The van der Waals surface area contributed by atoms with Crippen molar-refractivity contribution in [3.05, 3.63) is 29.6 Å². The van der Waals surface area contributed by atoms with Crippen molar-refractivity contribution in [2.45, 2.75) is 45.9 Å². The molecule has 1 N–H and O–H groups in total. The van der Waals surface area contributed by atoms with E-state index in [2.05, 4.69) is 23.6 Å². The monoisotopic (exact) mass is 254 g/mol. The van der Waals surface area contributed by atoms with E-state index in [9.17, 15) is 4.55 Å². The molecule has 1 aromatic heterocycles. The summed E-state index contributed by atoms with van der Waals surface area (Å²) in [6, 6.07) is 4.06. The number of aryl methyl sites for hydroxylation is 1. The zero-order valence-corrected chi connectivity index (χ0v) is 12.0. The van der Waals surface area contributed by atoms with Gasteiger partial charge in [-0.2, -0.15) is 0 Å². The highest BCUT2D eigenvalue weighted by Gasteiger charge is 2.23. The first-order valence-electron chi connectivity index (χ1n) is 6.01. The Morgan fingerprint density at radius 1 is 1.24 bits per heavy atom. The highest BCUT2D eigenvalue weighted by Crippen LogP contribution is 2.16. The van der Waals surface area contributed by atoms with Crippen LogP contribution < -0.4 is 4.72 Å². The molecule has 4 heteroatoms. The van der Waals surface area contributed by atoms with Crippen molar-refractivity contribution >= 4 is 11.4 Å². The fraction of sp³-hybridized carbons (Fsp3) is 0.615. The van der Waals surface area contributed by atoms with Gasteiger partial charge in [-0.15, -0.1) is 4.72 Å². The topological polar surface area (TPSA) is 48.0 Å². The van der Waals surface area contributed by atoms with E-state index in [0.29, 0.717) is 5.92 Å². The highest BCUT2D eigenvalue weighted by atomic mass is 32.2. The van der Waals surface area contributed by atoms with Crippen molar-refractivity contribution < 1.29 is 4.55 Å². The van der Waals surface area contributed by atoms with Crippen LogP contribution in [0.25, 0.3) is 0 Å². The maximum absolute atomic E-state index is 12.0. The van der Waals surface area contributed by atoms with Gasteiger partial charge >= 0.3 is 0 Å². The fourth-order valence-corrected chi connectivity index (χ4v) is 2.53. The fourth-order valence-electron chi connectivity index (χ4n) is 1.33. The molecule has 96 valence electrons. The summed E-state index contributed by atoms with van der Waals surface area (Å²) < 4.78 is 15.1. The van der Waals surface area contributed by atoms with Crippen LogP contribution in [0.3, 0.4) is 0 Å². The molecule has 1 rings (SSSR count). The molecule has 0 fully saturated rings. The number of nitrogens with zero attached hydrogens (tertiary/aromatic N) is 1. The molecular formula is C13H22N2OS. The van der Waals surface area contributed by atoms with Gasteiger partial charge in [0.15, 0.2) is 0 Å². The maximum Gasteiger partial charge on any atom is 0.135 e. The summed E-state index contributed by atoms with van der Waals surface area (Å²) in [7, 11) is 0. The van der Waals surface area contributed by atoms with Crippen molar-refractivity contribution in [2.24, 2.45) is 5.92 Å². The first kappa shape index (κ1) is 14.5. The smallest absolute Gasteiger partial charge is 0.135 e. The molecule has 0 aromatic carbocycles. The average molecular weight is 254 g/mol. The summed E-state index contributed by atoms with van der Waals surface area (Å²) in [5, 5.41) is 0.149. The Bertz CT molecular complexity index is 340. The van der Waals surface area contributed by atoms with Crippen molar-refractivity contribution in [2.75, 3.05) is 0 Å². The molecule has 0 saturated carbocycles. The minimum atomic E-state index is -1.01. The first-order chi connectivity index (χ1) is 7.91. The van der Waals surface area contributed by atoms with Gasteiger partial charge in [-0.1, -0.05) is 19.9 Å². The van der Waals surface area contributed by atoms with Gasteiger partial charge in [0.1, 0.15) is 5.25 Å². The van der Waals surface area contributed by atoms with E-state index in [1.807, 2.05) is 39.1 Å². The van der Waals surface area contributed by atoms with Crippen molar-refractivity contribution in [3.8, 4) is 0 Å². The second-order valence-corrected chi connectivity index (χ2v) is 6.39. The normalized spacial score (nSPS) is 16.9. The lowest BCUT2D eigenvalue weighted by Crippen LogP contribution is -2.37. The Morgan fingerprint density at radius 2 is 1.88 bits per heavy atom. The third kappa shape index (κ3) is 4.30. The number of pyridine rings is 1. The van der Waals surface area contributed by atoms with Gasteiger partial charge in [0.05, 0.1) is 6.04 Å². The van der Waals surface area contributed by atoms with Crippen molar-refractivity contribution in [3.63, 3.8) is 0 Å². The summed E-state index contributed by atoms with van der Waals surface area (Å²) in [6.07, 6.45) is 1.84. The van der Waals surface area contributed by atoms with E-state index in [4.69, 9.17) is 0 Å². The van der Waals surface area contributed by atoms with Crippen molar-refractivity contribution in [1.82, 2.24) is 9.71 Å². The van der Waals surface area contributed by atoms with Crippen LogP contribution in [0.5, 0.6) is 0 Å². The van der Waals surface area contributed by atoms with Gasteiger partial charge in [0.2, 0.25) is 0 Å². The van der Waals surface area contributed by atoms with E-state index in [1.54, 1.807) is 0 Å². The molecule has 3 nitrogen and oxygen atoms in total. The van der Waals surface area contributed by atoms with Gasteiger partial charge in [0.25, 0.3) is 0 Å². The molecule has 0 bridgehead atoms. The third-order valence-corrected chi connectivity index (χ3v) is 4.81. The minimum absolute atomic E-state index is 0.0603. The molecule has 17 heavy (non-hydrogen) atoms. The molecule has 2 unspecified atom stereocenters. The molecule has 3 atom stereocenters. The number of rotatable bonds is 5. The molecule has 0 amide bonds. The summed E-state index contributed by atoms with van der Waals surface area (Å²) in [4.78, 5) is 4.25. The molecule has 0 aliphatic heterocycles. The summed E-state index contributed by atoms with van der Waals surface area (Å²) in [5.74, 6) is 0.409. The number of nitrogens with one attached hydrogen (secondary N) is 1. The lowest BCUT2D eigenvalue weighted by Gasteiger charge is -2.23. The van der Waals surface area contributed by atoms with Crippen LogP contribution in [-0.4, -0.2) is 14.8 Å². The average Bonchev–Trinajstić information content (AvgIpc) is 2.28. The Hall–Kier alpha value is -0.580. The lowest BCUT2D eigenvalue weighted by molar-refractivity contribution is 0.522. The molecular weight excluding hydrogens is 232 g/mol. The Labute approximate surface area is 107 Å². The Kier molecular flexibility index (Phi) is 5.43. The van der Waals surface area contributed by atoms with Crippen LogP contribution in [0.1, 0.15) is 45.0 Å². The molecule has 0 aliphatic rings. The molecule has 0 radical (unpaired) electrons. The number of hydrogen-bond acceptors (Lipinski definition) is 3. The van der Waals surface area contributed by atoms with E-state index in [1.165, 1.54) is 0 Å². The zero-order chi connectivity index (χ0) is 13.0. The van der Waals surface area contributed by atoms with Crippen LogP contribution >= 0.6 is 0 Å². The van der Waals surface area contributed by atoms with Crippen LogP contribution in [-0.2, 0) is 11.4 Å². The highest BCUT2D eigenvalue weighted by molar-refractivity contribution is 7.90. The van der Waals surface area contributed by atoms with E-state index < -0.39 is 11.4 Å². The third-order valence-electron chi connectivity index (χ3n) is 3.00. The molecule has 1 heterocycles. The quantitative estimate of drug-likeness (QED) is 0.822. The lowest BCUT2D eigenvalue weighted by atomic mass is 10.1. The summed E-state index contributed by atoms with van der Waals surface area (Å²) >= 11 is -1.01. The van der Waals surface area contributed by atoms with Gasteiger partial charge in [-0.3, -0.25) is 4.98 Å². The molecule has 0 aliphatic carbocycles. The Balaban J connectivity index is 2.60. The molecule has 0 spiro atoms. The van der Waals surface area contributed by atoms with Crippen molar-refractivity contribution in [1.29, 1.82) is 0 Å². The summed E-state index contributed by atoms with van der Waals surface area (Å²) in [6.45, 7) is 10.1. The van der Waals surface area contributed by atoms with Crippen LogP contribution in [0.4, 0.5) is 0 Å². The van der Waals surface area contributed by atoms with Gasteiger partial charge in [-0.05, 0) is 32.4 Å². The summed E-state index contributed by atoms with van der Waals surface area (Å²) in [5.41, 5.74) is 2.07. The SMILES string of the molecule is Cc1ccc([C@H](C)N[S+]([O-])C(C)C(C)C)cn1. The Morgan fingerprint density at radius 3 is 2.35 bits per heavy atom. The predicted molar refractivity (Wildman–Crippen MR) is 73.0 cm³/mol. The second kappa shape index (κ2) is 6.38. The van der Waals surface area contributed by atoms with E-state index in [-0.39, 0.29) is 11.3 Å². The van der Waals surface area contributed by atoms with E-state index >= 15 is 0 Å². The van der Waals surface area contributed by atoms with Gasteiger partial charge in [-0.25, -0.2) is 0 Å². The first-order valence-corrected chi connectivity index (χ1v) is 7.22. The zero-order valence-electron chi connectivity index (χ0n) is 11.2. The molecule has 1 aromatic rings.